The van der Waals surface area contributed by atoms with Gasteiger partial charge in [0.15, 0.2) is 0 Å². The fraction of sp³-hybridized carbons (Fsp3) is 0.462. The molecule has 0 fully saturated rings. The number of hydrogen-bond acceptors (Lipinski definition) is 2. The van der Waals surface area contributed by atoms with Gasteiger partial charge < -0.3 is 10.7 Å². The number of aromatic nitrogens is 2. The van der Waals surface area contributed by atoms with E-state index in [1.165, 1.54) is 5.56 Å². The molecule has 0 aliphatic heterocycles. The van der Waals surface area contributed by atoms with Gasteiger partial charge in [0.25, 0.3) is 0 Å². The third kappa shape index (κ3) is 2.09. The van der Waals surface area contributed by atoms with Crippen molar-refractivity contribution in [2.75, 3.05) is 6.54 Å². The normalized spacial score (nSPS) is 13.2. The average Bonchev–Trinajstić information content (AvgIpc) is 2.71. The highest BCUT2D eigenvalue weighted by Crippen LogP contribution is 2.20. The molecule has 0 spiro atoms. The molecule has 1 aromatic carbocycles. The number of hydrogen-bond donors (Lipinski definition) is 2. The van der Waals surface area contributed by atoms with E-state index >= 15 is 0 Å². The molecule has 0 amide bonds. The number of nitrogens with two attached hydrogens (primary N) is 1. The highest BCUT2D eigenvalue weighted by molar-refractivity contribution is 5.76. The molecule has 1 aromatic heterocycles. The van der Waals surface area contributed by atoms with Gasteiger partial charge in [-0.1, -0.05) is 19.9 Å². The quantitative estimate of drug-likeness (QED) is 0.827. The van der Waals surface area contributed by atoms with Gasteiger partial charge in [-0.25, -0.2) is 4.98 Å². The highest BCUT2D eigenvalue weighted by Gasteiger charge is 2.09. The summed E-state index contributed by atoms with van der Waals surface area (Å²) in [6, 6.07) is 6.41. The molecule has 2 aromatic rings. The molecule has 2 rings (SSSR count). The van der Waals surface area contributed by atoms with Crippen molar-refractivity contribution in [2.24, 2.45) is 5.73 Å². The van der Waals surface area contributed by atoms with Gasteiger partial charge in [0.1, 0.15) is 5.82 Å². The van der Waals surface area contributed by atoms with Gasteiger partial charge in [-0.15, -0.1) is 0 Å². The molecule has 0 saturated heterocycles. The number of rotatable bonds is 4. The molecule has 0 saturated carbocycles. The van der Waals surface area contributed by atoms with Crippen LogP contribution in [0.2, 0.25) is 0 Å². The minimum absolute atomic E-state index is 0.405. The number of aromatic amines is 1. The van der Waals surface area contributed by atoms with Crippen LogP contribution in [0.25, 0.3) is 11.0 Å². The van der Waals surface area contributed by atoms with E-state index in [-0.39, 0.29) is 0 Å². The molecule has 3 nitrogen and oxygen atoms in total. The zero-order valence-corrected chi connectivity index (χ0v) is 9.96. The maximum absolute atomic E-state index is 5.56. The largest absolute Gasteiger partial charge is 0.342 e. The number of nitrogens with zero attached hydrogens (tertiary/aromatic N) is 1. The molecule has 1 unspecified atom stereocenters. The van der Waals surface area contributed by atoms with Gasteiger partial charge in [0.05, 0.1) is 11.0 Å². The molecule has 3 heteroatoms. The third-order valence-corrected chi connectivity index (χ3v) is 3.04. The van der Waals surface area contributed by atoms with Crippen LogP contribution >= 0.6 is 0 Å². The summed E-state index contributed by atoms with van der Waals surface area (Å²) in [5.41, 5.74) is 9.10. The van der Waals surface area contributed by atoms with Crippen LogP contribution in [0.1, 0.15) is 37.6 Å². The van der Waals surface area contributed by atoms with E-state index in [1.54, 1.807) is 0 Å². The van der Waals surface area contributed by atoms with Crippen LogP contribution in [-0.4, -0.2) is 16.5 Å². The van der Waals surface area contributed by atoms with Crippen LogP contribution in [0.3, 0.4) is 0 Å². The Bertz CT molecular complexity index is 473. The molecule has 0 aliphatic rings. The molecular weight excluding hydrogens is 198 g/mol. The number of fused-ring (bicyclic) bond motifs is 1. The minimum Gasteiger partial charge on any atom is -0.342 e. The second-order valence-corrected chi connectivity index (χ2v) is 4.31. The SMILES string of the molecule is CCc1ccc2nc(C(C)CCN)[nH]c2c1. The first-order valence-electron chi connectivity index (χ1n) is 5.93. The number of benzene rings is 1. The first-order valence-corrected chi connectivity index (χ1v) is 5.93. The fourth-order valence-corrected chi connectivity index (χ4v) is 1.92. The second-order valence-electron chi connectivity index (χ2n) is 4.31. The minimum atomic E-state index is 0.405. The summed E-state index contributed by atoms with van der Waals surface area (Å²) in [6.45, 7) is 5.03. The van der Waals surface area contributed by atoms with E-state index in [0.717, 1.165) is 29.7 Å². The van der Waals surface area contributed by atoms with E-state index in [4.69, 9.17) is 5.73 Å². The lowest BCUT2D eigenvalue weighted by molar-refractivity contribution is 0.657. The standard InChI is InChI=1S/C13H19N3/c1-3-10-4-5-11-12(8-10)16-13(15-11)9(2)6-7-14/h4-5,8-9H,3,6-7,14H2,1-2H3,(H,15,16). The Morgan fingerprint density at radius 2 is 2.25 bits per heavy atom. The van der Waals surface area contributed by atoms with Crippen LogP contribution in [-0.2, 0) is 6.42 Å². The molecule has 1 heterocycles. The third-order valence-electron chi connectivity index (χ3n) is 3.04. The summed E-state index contributed by atoms with van der Waals surface area (Å²) in [7, 11) is 0. The van der Waals surface area contributed by atoms with Gasteiger partial charge in [0.2, 0.25) is 0 Å². The van der Waals surface area contributed by atoms with E-state index in [9.17, 15) is 0 Å². The molecule has 0 radical (unpaired) electrons. The van der Waals surface area contributed by atoms with Crippen molar-refractivity contribution in [3.05, 3.63) is 29.6 Å². The topological polar surface area (TPSA) is 54.7 Å². The van der Waals surface area contributed by atoms with Crippen molar-refractivity contribution in [1.29, 1.82) is 0 Å². The molecule has 3 N–H and O–H groups in total. The Kier molecular flexibility index (Phi) is 3.25. The van der Waals surface area contributed by atoms with E-state index in [0.29, 0.717) is 12.5 Å². The summed E-state index contributed by atoms with van der Waals surface area (Å²) in [5.74, 6) is 1.45. The van der Waals surface area contributed by atoms with Gasteiger partial charge in [-0.05, 0) is 37.1 Å². The van der Waals surface area contributed by atoms with E-state index < -0.39 is 0 Å². The van der Waals surface area contributed by atoms with Gasteiger partial charge in [0, 0.05) is 5.92 Å². The van der Waals surface area contributed by atoms with E-state index in [2.05, 4.69) is 42.0 Å². The lowest BCUT2D eigenvalue weighted by Gasteiger charge is -2.04. The molecule has 16 heavy (non-hydrogen) atoms. The predicted octanol–water partition coefficient (Wildman–Crippen LogP) is 2.58. The Balaban J connectivity index is 2.35. The lowest BCUT2D eigenvalue weighted by atomic mass is 10.1. The Morgan fingerprint density at radius 3 is 2.94 bits per heavy atom. The Hall–Kier alpha value is -1.35. The summed E-state index contributed by atoms with van der Waals surface area (Å²) < 4.78 is 0. The fourth-order valence-electron chi connectivity index (χ4n) is 1.92. The molecule has 0 aliphatic carbocycles. The average molecular weight is 217 g/mol. The van der Waals surface area contributed by atoms with Crippen molar-refractivity contribution in [2.45, 2.75) is 32.6 Å². The van der Waals surface area contributed by atoms with Crippen LogP contribution < -0.4 is 5.73 Å². The van der Waals surface area contributed by atoms with Gasteiger partial charge >= 0.3 is 0 Å². The monoisotopic (exact) mass is 217 g/mol. The highest BCUT2D eigenvalue weighted by atomic mass is 14.9. The van der Waals surface area contributed by atoms with Gasteiger partial charge in [-0.3, -0.25) is 0 Å². The van der Waals surface area contributed by atoms with Gasteiger partial charge in [-0.2, -0.15) is 0 Å². The van der Waals surface area contributed by atoms with Crippen LogP contribution in [0.5, 0.6) is 0 Å². The zero-order valence-electron chi connectivity index (χ0n) is 9.96. The zero-order chi connectivity index (χ0) is 11.5. The molecule has 1 atom stereocenters. The number of H-pyrrole nitrogens is 1. The molecule has 0 bridgehead atoms. The van der Waals surface area contributed by atoms with Crippen LogP contribution in [0.15, 0.2) is 18.2 Å². The smallest absolute Gasteiger partial charge is 0.110 e. The first kappa shape index (κ1) is 11.1. The number of imidazole rings is 1. The first-order chi connectivity index (χ1) is 7.74. The second kappa shape index (κ2) is 4.66. The Morgan fingerprint density at radius 1 is 1.44 bits per heavy atom. The summed E-state index contributed by atoms with van der Waals surface area (Å²) in [6.07, 6.45) is 2.03. The van der Waals surface area contributed by atoms with Crippen molar-refractivity contribution in [3.63, 3.8) is 0 Å². The summed E-state index contributed by atoms with van der Waals surface area (Å²) in [5, 5.41) is 0. The van der Waals surface area contributed by atoms with Crippen molar-refractivity contribution >= 4 is 11.0 Å². The Labute approximate surface area is 96.1 Å². The maximum atomic E-state index is 5.56. The van der Waals surface area contributed by atoms with Crippen molar-refractivity contribution < 1.29 is 0 Å². The molecule has 86 valence electrons. The summed E-state index contributed by atoms with van der Waals surface area (Å²) in [4.78, 5) is 7.98. The summed E-state index contributed by atoms with van der Waals surface area (Å²) >= 11 is 0. The lowest BCUT2D eigenvalue weighted by Crippen LogP contribution is -2.05. The maximum Gasteiger partial charge on any atom is 0.110 e. The molecular formula is C13H19N3. The number of nitrogens with one attached hydrogen (secondary N) is 1. The van der Waals surface area contributed by atoms with Crippen molar-refractivity contribution in [3.8, 4) is 0 Å². The van der Waals surface area contributed by atoms with Crippen LogP contribution in [0.4, 0.5) is 0 Å². The van der Waals surface area contributed by atoms with E-state index in [1.807, 2.05) is 0 Å². The van der Waals surface area contributed by atoms with Crippen LogP contribution in [0, 0.1) is 0 Å². The number of aryl methyl sites for hydroxylation is 1. The predicted molar refractivity (Wildman–Crippen MR) is 67.6 cm³/mol. The van der Waals surface area contributed by atoms with Crippen molar-refractivity contribution in [1.82, 2.24) is 9.97 Å².